The van der Waals surface area contributed by atoms with Gasteiger partial charge in [0.05, 0.1) is 28.2 Å². The van der Waals surface area contributed by atoms with Gasteiger partial charge in [-0.15, -0.1) is 22.6 Å². The molecule has 0 spiro atoms. The van der Waals surface area contributed by atoms with Gasteiger partial charge in [-0.05, 0) is 54.0 Å². The molecule has 0 saturated heterocycles. The maximum atomic E-state index is 14.6. The van der Waals surface area contributed by atoms with Crippen molar-refractivity contribution in [3.05, 3.63) is 45.6 Å². The first kappa shape index (κ1) is 29.9. The van der Waals surface area contributed by atoms with Crippen molar-refractivity contribution in [2.24, 2.45) is 5.73 Å². The van der Waals surface area contributed by atoms with Crippen LogP contribution in [0.5, 0.6) is 11.5 Å². The number of nitrogens with zero attached hydrogens (tertiary/aromatic N) is 2. The first-order valence-electron chi connectivity index (χ1n) is 9.81. The van der Waals surface area contributed by atoms with E-state index in [1.165, 1.54) is 23.5 Å². The highest BCUT2D eigenvalue weighted by molar-refractivity contribution is 9.10. The second-order valence-corrected chi connectivity index (χ2v) is 10.8. The third-order valence-corrected chi connectivity index (χ3v) is 6.55. The molecule has 15 heteroatoms. The molecule has 2 aromatic carbocycles. The third-order valence-electron chi connectivity index (χ3n) is 4.13. The Morgan fingerprint density at radius 3 is 2.49 bits per heavy atom. The van der Waals surface area contributed by atoms with E-state index >= 15 is 0 Å². The predicted molar refractivity (Wildman–Crippen MR) is 138 cm³/mol. The van der Waals surface area contributed by atoms with Crippen LogP contribution in [-0.4, -0.2) is 45.3 Å². The van der Waals surface area contributed by atoms with Gasteiger partial charge in [0.1, 0.15) is 22.4 Å². The number of benzene rings is 2. The van der Waals surface area contributed by atoms with E-state index in [0.717, 1.165) is 10.0 Å². The van der Waals surface area contributed by atoms with E-state index in [-0.39, 0.29) is 35.9 Å². The number of halogens is 4. The lowest BCUT2D eigenvalue weighted by molar-refractivity contribution is 0.164. The zero-order chi connectivity index (χ0) is 25.0. The number of nitrogens with two attached hydrogens (primary N) is 1. The zero-order valence-corrected chi connectivity index (χ0v) is 23.2. The molecule has 0 bridgehead atoms. The second-order valence-electron chi connectivity index (χ2n) is 7.34. The van der Waals surface area contributed by atoms with Crippen molar-refractivity contribution in [1.82, 2.24) is 10.2 Å². The Morgan fingerprint density at radius 1 is 1.17 bits per heavy atom. The Hall–Kier alpha value is -1.34. The second kappa shape index (κ2) is 12.8. The molecule has 0 saturated carbocycles. The summed E-state index contributed by atoms with van der Waals surface area (Å²) in [6.07, 6.45) is 0.0306. The quantitative estimate of drug-likeness (QED) is 0.249. The largest absolute Gasteiger partial charge is 0.490 e. The highest BCUT2D eigenvalue weighted by Crippen LogP contribution is 2.39. The van der Waals surface area contributed by atoms with Crippen molar-refractivity contribution in [1.29, 1.82) is 0 Å². The number of aromatic nitrogens is 2. The molecule has 0 aliphatic carbocycles. The Kier molecular flexibility index (Phi) is 10.9. The molecule has 1 unspecified atom stereocenters. The van der Waals surface area contributed by atoms with Crippen molar-refractivity contribution in [2.45, 2.75) is 26.0 Å². The van der Waals surface area contributed by atoms with Gasteiger partial charge in [0.25, 0.3) is 0 Å². The Labute approximate surface area is 224 Å². The van der Waals surface area contributed by atoms with Crippen LogP contribution in [0.15, 0.2) is 34.8 Å². The SMILES string of the molecule is CC(C)Oc1ccc(-c2nnc(-c3cc(F)c(OCC(N)COP(=O)(O)O)cc3Cl)s2)cc1Br.Cl. The van der Waals surface area contributed by atoms with E-state index in [0.29, 0.717) is 21.3 Å². The van der Waals surface area contributed by atoms with Gasteiger partial charge in [-0.3, -0.25) is 4.52 Å². The summed E-state index contributed by atoms with van der Waals surface area (Å²) in [5.41, 5.74) is 6.80. The molecule has 192 valence electrons. The lowest BCUT2D eigenvalue weighted by atomic mass is 10.2. The summed E-state index contributed by atoms with van der Waals surface area (Å²) >= 11 is 11.1. The van der Waals surface area contributed by atoms with Crippen LogP contribution in [0, 0.1) is 5.82 Å². The molecule has 0 amide bonds. The summed E-state index contributed by atoms with van der Waals surface area (Å²) in [7, 11) is -4.66. The van der Waals surface area contributed by atoms with Gasteiger partial charge in [0.15, 0.2) is 11.6 Å². The summed E-state index contributed by atoms with van der Waals surface area (Å²) in [6, 6.07) is 7.10. The number of rotatable bonds is 10. The molecule has 1 aromatic heterocycles. The lowest BCUT2D eigenvalue weighted by Gasteiger charge is -2.15. The molecule has 35 heavy (non-hydrogen) atoms. The highest BCUT2D eigenvalue weighted by Gasteiger charge is 2.19. The first-order valence-corrected chi connectivity index (χ1v) is 13.3. The number of hydrogen-bond acceptors (Lipinski definition) is 8. The van der Waals surface area contributed by atoms with Gasteiger partial charge < -0.3 is 25.0 Å². The summed E-state index contributed by atoms with van der Waals surface area (Å²) in [5, 5.41) is 9.53. The Morgan fingerprint density at radius 2 is 1.86 bits per heavy atom. The molecule has 9 nitrogen and oxygen atoms in total. The molecular formula is C20H22BrCl2FN3O6PS. The van der Waals surface area contributed by atoms with Gasteiger partial charge >= 0.3 is 7.82 Å². The van der Waals surface area contributed by atoms with Crippen LogP contribution < -0.4 is 15.2 Å². The van der Waals surface area contributed by atoms with Crippen molar-refractivity contribution in [2.75, 3.05) is 13.2 Å². The van der Waals surface area contributed by atoms with E-state index in [1.54, 1.807) is 0 Å². The minimum Gasteiger partial charge on any atom is -0.490 e. The Bertz CT molecular complexity index is 1220. The van der Waals surface area contributed by atoms with Gasteiger partial charge in [-0.2, -0.15) is 0 Å². The van der Waals surface area contributed by atoms with E-state index in [1.807, 2.05) is 32.0 Å². The van der Waals surface area contributed by atoms with Crippen LogP contribution in [-0.2, 0) is 9.09 Å². The van der Waals surface area contributed by atoms with E-state index in [2.05, 4.69) is 30.7 Å². The highest BCUT2D eigenvalue weighted by atomic mass is 79.9. The van der Waals surface area contributed by atoms with Gasteiger partial charge in [-0.25, -0.2) is 8.96 Å². The minimum absolute atomic E-state index is 0. The number of phosphoric acid groups is 1. The number of phosphoric ester groups is 1. The van der Waals surface area contributed by atoms with E-state index in [9.17, 15) is 8.96 Å². The van der Waals surface area contributed by atoms with Crippen LogP contribution in [0.25, 0.3) is 21.1 Å². The van der Waals surface area contributed by atoms with Crippen LogP contribution in [0.4, 0.5) is 4.39 Å². The van der Waals surface area contributed by atoms with Crippen molar-refractivity contribution < 1.29 is 32.7 Å². The number of hydrogen-bond donors (Lipinski definition) is 3. The number of ether oxygens (including phenoxy) is 2. The first-order chi connectivity index (χ1) is 15.9. The molecule has 0 aliphatic heterocycles. The summed E-state index contributed by atoms with van der Waals surface area (Å²) in [4.78, 5) is 17.4. The van der Waals surface area contributed by atoms with Crippen LogP contribution in [0.2, 0.25) is 5.02 Å². The maximum absolute atomic E-state index is 14.6. The standard InChI is InChI=1S/C20H21BrClFN3O6PS.ClH/c1-10(2)32-17-4-3-11(5-14(17)21)19-25-26-20(34-19)13-6-16(23)18(7-15(13)22)30-8-12(24)9-31-33(27,28)29;/h3-7,10,12H,8-9,24H2,1-2H3,(H2,27,28,29);1H. The van der Waals surface area contributed by atoms with Gasteiger partial charge in [-0.1, -0.05) is 22.9 Å². The fourth-order valence-electron chi connectivity index (χ4n) is 2.67. The molecule has 3 rings (SSSR count). The molecule has 0 fully saturated rings. The normalized spacial score (nSPS) is 12.4. The fraction of sp³-hybridized carbons (Fsp3) is 0.300. The van der Waals surface area contributed by atoms with Crippen LogP contribution in [0.1, 0.15) is 13.8 Å². The zero-order valence-electron chi connectivity index (χ0n) is 18.4. The lowest BCUT2D eigenvalue weighted by Crippen LogP contribution is -2.32. The minimum atomic E-state index is -4.66. The molecule has 1 atom stereocenters. The van der Waals surface area contributed by atoms with Crippen molar-refractivity contribution in [3.8, 4) is 32.6 Å². The van der Waals surface area contributed by atoms with Crippen LogP contribution >= 0.6 is 59.1 Å². The van der Waals surface area contributed by atoms with Gasteiger partial charge in [0.2, 0.25) is 0 Å². The molecule has 0 aliphatic rings. The molecule has 0 radical (unpaired) electrons. The Balaban J connectivity index is 0.00000432. The summed E-state index contributed by atoms with van der Waals surface area (Å²) in [6.45, 7) is 3.16. The van der Waals surface area contributed by atoms with Crippen molar-refractivity contribution >= 4 is 59.1 Å². The molecule has 3 aromatic rings. The fourth-order valence-corrected chi connectivity index (χ4v) is 4.70. The topological polar surface area (TPSA) is 137 Å². The maximum Gasteiger partial charge on any atom is 0.469 e. The van der Waals surface area contributed by atoms with E-state index in [4.69, 9.17) is 36.6 Å². The smallest absolute Gasteiger partial charge is 0.469 e. The predicted octanol–water partition coefficient (Wildman–Crippen LogP) is 5.45. The molecule has 1 heterocycles. The monoisotopic (exact) mass is 631 g/mol. The molecular weight excluding hydrogens is 611 g/mol. The molecule has 4 N–H and O–H groups in total. The van der Waals surface area contributed by atoms with Crippen LogP contribution in [0.3, 0.4) is 0 Å². The van der Waals surface area contributed by atoms with Crippen molar-refractivity contribution in [3.63, 3.8) is 0 Å². The third kappa shape index (κ3) is 8.63. The summed E-state index contributed by atoms with van der Waals surface area (Å²) in [5.74, 6) is -0.177. The average Bonchev–Trinajstić information content (AvgIpc) is 3.23. The average molecular weight is 633 g/mol. The summed E-state index contributed by atoms with van der Waals surface area (Å²) < 4.78 is 41.4. The van der Waals surface area contributed by atoms with E-state index < -0.39 is 26.3 Å². The van der Waals surface area contributed by atoms with Gasteiger partial charge in [0, 0.05) is 17.2 Å².